The van der Waals surface area contributed by atoms with E-state index in [1.807, 2.05) is 31.2 Å². The molecule has 0 saturated carbocycles. The molecule has 1 amide bonds. The van der Waals surface area contributed by atoms with Gasteiger partial charge >= 0.3 is 0 Å². The van der Waals surface area contributed by atoms with Crippen molar-refractivity contribution in [1.82, 2.24) is 5.43 Å². The standard InChI is InChI=1S/C27H28Cl2N2O3/c1-5-33-24-15-19(14-23(29)25(24)34-17-18-6-12-22(28)13-7-18)16-30-31-26(32)20-8-10-21(11-9-20)27(2,3)4/h6-16H,5,17H2,1-4H3,(H,31,32)/b30-16-. The third-order valence-corrected chi connectivity index (χ3v) is 5.55. The number of hydrogen-bond donors (Lipinski definition) is 1. The first-order valence-electron chi connectivity index (χ1n) is 10.9. The van der Waals surface area contributed by atoms with Crippen molar-refractivity contribution < 1.29 is 14.3 Å². The van der Waals surface area contributed by atoms with E-state index < -0.39 is 0 Å². The van der Waals surface area contributed by atoms with Crippen LogP contribution in [0.4, 0.5) is 0 Å². The van der Waals surface area contributed by atoms with Crippen LogP contribution in [0.15, 0.2) is 65.8 Å². The Morgan fingerprint density at radius 3 is 2.29 bits per heavy atom. The van der Waals surface area contributed by atoms with Crippen molar-refractivity contribution in [3.8, 4) is 11.5 Å². The molecule has 3 rings (SSSR count). The van der Waals surface area contributed by atoms with Crippen LogP contribution in [0.2, 0.25) is 10.0 Å². The summed E-state index contributed by atoms with van der Waals surface area (Å²) in [5.74, 6) is 0.642. The Morgan fingerprint density at radius 1 is 1.00 bits per heavy atom. The second-order valence-corrected chi connectivity index (χ2v) is 9.55. The Balaban J connectivity index is 1.69. The maximum atomic E-state index is 12.4. The average Bonchev–Trinajstić information content (AvgIpc) is 2.79. The molecule has 0 fully saturated rings. The van der Waals surface area contributed by atoms with E-state index in [1.165, 1.54) is 6.21 Å². The van der Waals surface area contributed by atoms with Gasteiger partial charge in [-0.15, -0.1) is 0 Å². The number of hydrazone groups is 1. The van der Waals surface area contributed by atoms with E-state index in [2.05, 4.69) is 31.3 Å². The number of carbonyl (C=O) groups excluding carboxylic acids is 1. The third-order valence-electron chi connectivity index (χ3n) is 5.02. The summed E-state index contributed by atoms with van der Waals surface area (Å²) in [5, 5.41) is 5.11. The summed E-state index contributed by atoms with van der Waals surface area (Å²) >= 11 is 12.4. The highest BCUT2D eigenvalue weighted by molar-refractivity contribution is 6.32. The molecule has 0 unspecified atom stereocenters. The zero-order valence-electron chi connectivity index (χ0n) is 19.7. The lowest BCUT2D eigenvalue weighted by Crippen LogP contribution is -2.18. The lowest BCUT2D eigenvalue weighted by Gasteiger charge is -2.18. The predicted octanol–water partition coefficient (Wildman–Crippen LogP) is 7.03. The molecule has 0 aliphatic carbocycles. The van der Waals surface area contributed by atoms with Crippen LogP contribution in [0, 0.1) is 0 Å². The van der Waals surface area contributed by atoms with Gasteiger partial charge in [0.2, 0.25) is 0 Å². The molecule has 34 heavy (non-hydrogen) atoms. The van der Waals surface area contributed by atoms with Crippen molar-refractivity contribution in [3.63, 3.8) is 0 Å². The first-order valence-corrected chi connectivity index (χ1v) is 11.7. The molecule has 0 saturated heterocycles. The molecule has 1 N–H and O–H groups in total. The molecule has 0 radical (unpaired) electrons. The van der Waals surface area contributed by atoms with E-state index in [0.29, 0.717) is 45.9 Å². The fourth-order valence-corrected chi connectivity index (χ4v) is 3.55. The lowest BCUT2D eigenvalue weighted by molar-refractivity contribution is 0.0955. The number of carbonyl (C=O) groups is 1. The van der Waals surface area contributed by atoms with Crippen LogP contribution in [0.1, 0.15) is 54.7 Å². The van der Waals surface area contributed by atoms with Gasteiger partial charge in [0.05, 0.1) is 17.8 Å². The van der Waals surface area contributed by atoms with Gasteiger partial charge in [-0.2, -0.15) is 5.10 Å². The smallest absolute Gasteiger partial charge is 0.271 e. The van der Waals surface area contributed by atoms with E-state index in [4.69, 9.17) is 32.7 Å². The van der Waals surface area contributed by atoms with Crippen molar-refractivity contribution in [3.05, 3.63) is 93.0 Å². The fourth-order valence-electron chi connectivity index (χ4n) is 3.15. The van der Waals surface area contributed by atoms with Crippen molar-refractivity contribution in [1.29, 1.82) is 0 Å². The Bertz CT molecular complexity index is 1150. The molecule has 0 spiro atoms. The Kier molecular flexibility index (Phi) is 8.59. The fraction of sp³-hybridized carbons (Fsp3) is 0.259. The number of halogens is 2. The van der Waals surface area contributed by atoms with Crippen LogP contribution in [-0.2, 0) is 12.0 Å². The monoisotopic (exact) mass is 498 g/mol. The molecule has 5 nitrogen and oxygen atoms in total. The summed E-state index contributed by atoms with van der Waals surface area (Å²) in [4.78, 5) is 12.4. The minimum atomic E-state index is -0.296. The van der Waals surface area contributed by atoms with Crippen LogP contribution in [0.5, 0.6) is 11.5 Å². The second-order valence-electron chi connectivity index (χ2n) is 8.70. The molecule has 0 aromatic heterocycles. The van der Waals surface area contributed by atoms with Gasteiger partial charge in [-0.25, -0.2) is 5.43 Å². The van der Waals surface area contributed by atoms with Gasteiger partial charge < -0.3 is 9.47 Å². The predicted molar refractivity (Wildman–Crippen MR) is 139 cm³/mol. The number of ether oxygens (including phenoxy) is 2. The van der Waals surface area contributed by atoms with Crippen LogP contribution >= 0.6 is 23.2 Å². The van der Waals surface area contributed by atoms with E-state index in [9.17, 15) is 4.79 Å². The molecule has 3 aromatic carbocycles. The van der Waals surface area contributed by atoms with Gasteiger partial charge in [0, 0.05) is 10.6 Å². The minimum absolute atomic E-state index is 0.0232. The van der Waals surface area contributed by atoms with Gasteiger partial charge in [0.1, 0.15) is 6.61 Å². The first kappa shape index (κ1) is 25.6. The average molecular weight is 499 g/mol. The number of nitrogens with zero attached hydrogens (tertiary/aromatic N) is 1. The highest BCUT2D eigenvalue weighted by atomic mass is 35.5. The van der Waals surface area contributed by atoms with Crippen molar-refractivity contribution in [2.45, 2.75) is 39.7 Å². The normalized spacial score (nSPS) is 11.5. The van der Waals surface area contributed by atoms with Gasteiger partial charge in [-0.05, 0) is 65.4 Å². The van der Waals surface area contributed by atoms with E-state index >= 15 is 0 Å². The number of nitrogens with one attached hydrogen (secondary N) is 1. The molecule has 7 heteroatoms. The molecule has 178 valence electrons. The molecule has 0 aliphatic rings. The van der Waals surface area contributed by atoms with Crippen LogP contribution in [0.3, 0.4) is 0 Å². The number of rotatable bonds is 8. The summed E-state index contributed by atoms with van der Waals surface area (Å²) in [6.45, 7) is 9.01. The zero-order chi connectivity index (χ0) is 24.7. The van der Waals surface area contributed by atoms with Crippen molar-refractivity contribution in [2.24, 2.45) is 5.10 Å². The number of amides is 1. The maximum Gasteiger partial charge on any atom is 0.271 e. The van der Waals surface area contributed by atoms with E-state index in [0.717, 1.165) is 11.1 Å². The van der Waals surface area contributed by atoms with Crippen molar-refractivity contribution in [2.75, 3.05) is 6.61 Å². The summed E-state index contributed by atoms with van der Waals surface area (Å²) in [6.07, 6.45) is 1.51. The van der Waals surface area contributed by atoms with Gasteiger partial charge in [-0.1, -0.05) is 68.2 Å². The van der Waals surface area contributed by atoms with Crippen LogP contribution < -0.4 is 14.9 Å². The van der Waals surface area contributed by atoms with Gasteiger partial charge in [0.25, 0.3) is 5.91 Å². The quantitative estimate of drug-likeness (QED) is 0.267. The topological polar surface area (TPSA) is 59.9 Å². The highest BCUT2D eigenvalue weighted by Crippen LogP contribution is 2.37. The SMILES string of the molecule is CCOc1cc(/C=N\NC(=O)c2ccc(C(C)(C)C)cc2)cc(Cl)c1OCc1ccc(Cl)cc1. The van der Waals surface area contributed by atoms with Crippen LogP contribution in [-0.4, -0.2) is 18.7 Å². The molecule has 0 bridgehead atoms. The van der Waals surface area contributed by atoms with Gasteiger partial charge in [-0.3, -0.25) is 4.79 Å². The van der Waals surface area contributed by atoms with Crippen molar-refractivity contribution >= 4 is 35.3 Å². The second kappa shape index (κ2) is 11.4. The first-order chi connectivity index (χ1) is 16.2. The van der Waals surface area contributed by atoms with E-state index in [-0.39, 0.29) is 11.3 Å². The number of hydrogen-bond acceptors (Lipinski definition) is 4. The van der Waals surface area contributed by atoms with Gasteiger partial charge in [0.15, 0.2) is 11.5 Å². The largest absolute Gasteiger partial charge is 0.490 e. The molecular formula is C27H28Cl2N2O3. The highest BCUT2D eigenvalue weighted by Gasteiger charge is 2.15. The molecule has 0 heterocycles. The summed E-state index contributed by atoms with van der Waals surface area (Å²) in [7, 11) is 0. The Hall–Kier alpha value is -3.02. The summed E-state index contributed by atoms with van der Waals surface area (Å²) in [6, 6.07) is 18.3. The van der Waals surface area contributed by atoms with Crippen LogP contribution in [0.25, 0.3) is 0 Å². The molecule has 3 aromatic rings. The third kappa shape index (κ3) is 6.99. The lowest BCUT2D eigenvalue weighted by atomic mass is 9.87. The zero-order valence-corrected chi connectivity index (χ0v) is 21.2. The Morgan fingerprint density at radius 2 is 1.68 bits per heavy atom. The van der Waals surface area contributed by atoms with E-state index in [1.54, 1.807) is 36.4 Å². The number of benzene rings is 3. The summed E-state index contributed by atoms with van der Waals surface area (Å²) in [5.41, 5.74) is 5.87. The molecule has 0 atom stereocenters. The molecular weight excluding hydrogens is 471 g/mol. The maximum absolute atomic E-state index is 12.4. The Labute approximate surface area is 210 Å². The summed E-state index contributed by atoms with van der Waals surface area (Å²) < 4.78 is 11.6. The molecule has 0 aliphatic heterocycles. The minimum Gasteiger partial charge on any atom is -0.490 e.